The number of phenols is 1. The summed E-state index contributed by atoms with van der Waals surface area (Å²) in [5.41, 5.74) is 2.18. The van der Waals surface area contributed by atoms with Crippen LogP contribution in [0.25, 0.3) is 0 Å². The normalized spacial score (nSPS) is 16.5. The Morgan fingerprint density at radius 3 is 2.31 bits per heavy atom. The van der Waals surface area contributed by atoms with Crippen molar-refractivity contribution in [2.45, 2.75) is 19.4 Å². The number of anilines is 1. The highest BCUT2D eigenvalue weighted by Gasteiger charge is 2.45. The number of Topliss-reactive ketones (excluding diaryl/α,β-unsaturated/α-hetero) is 1. The predicted molar refractivity (Wildman–Crippen MR) is 107 cm³/mol. The fourth-order valence-electron chi connectivity index (χ4n) is 3.51. The molecule has 146 valence electrons. The number of hydrogen-bond acceptors (Lipinski definition) is 5. The summed E-state index contributed by atoms with van der Waals surface area (Å²) < 4.78 is 5.20. The molecule has 1 aliphatic heterocycles. The first kappa shape index (κ1) is 18.6. The minimum Gasteiger partial charge on any atom is -0.508 e. The molecule has 0 fully saturated rings. The number of phenolic OH excluding ortho intramolecular Hbond substituents is 1. The lowest BCUT2D eigenvalue weighted by Gasteiger charge is -2.27. The second kappa shape index (κ2) is 7.31. The Labute approximate surface area is 167 Å². The van der Waals surface area contributed by atoms with Crippen LogP contribution in [0.3, 0.4) is 0 Å². The molecule has 2 heterocycles. The maximum Gasteiger partial charge on any atom is 0.294 e. The SMILES string of the molecule is CCc1ccc(N2C(=O)C(O)=C(C(=O)c3ccco3)C2c2ccc(O)cc2)cc1. The first-order valence-corrected chi connectivity index (χ1v) is 9.24. The topological polar surface area (TPSA) is 91.0 Å². The highest BCUT2D eigenvalue weighted by atomic mass is 16.3. The third kappa shape index (κ3) is 3.18. The highest BCUT2D eigenvalue weighted by Crippen LogP contribution is 2.42. The molecule has 2 N–H and O–H groups in total. The van der Waals surface area contributed by atoms with Gasteiger partial charge in [-0.2, -0.15) is 0 Å². The van der Waals surface area contributed by atoms with E-state index >= 15 is 0 Å². The van der Waals surface area contributed by atoms with E-state index < -0.39 is 23.5 Å². The summed E-state index contributed by atoms with van der Waals surface area (Å²) in [6, 6.07) is 15.8. The van der Waals surface area contributed by atoms with Crippen molar-refractivity contribution in [3.8, 4) is 5.75 Å². The van der Waals surface area contributed by atoms with E-state index in [9.17, 15) is 19.8 Å². The van der Waals surface area contributed by atoms with Crippen LogP contribution in [0.1, 0.15) is 34.6 Å². The van der Waals surface area contributed by atoms with Gasteiger partial charge in [-0.05, 0) is 53.9 Å². The average Bonchev–Trinajstić information content (AvgIpc) is 3.36. The number of aliphatic hydroxyl groups is 1. The second-order valence-electron chi connectivity index (χ2n) is 6.76. The summed E-state index contributed by atoms with van der Waals surface area (Å²) in [7, 11) is 0. The molecular formula is C23H19NO5. The smallest absolute Gasteiger partial charge is 0.294 e. The summed E-state index contributed by atoms with van der Waals surface area (Å²) in [4.78, 5) is 27.4. The van der Waals surface area contributed by atoms with E-state index in [1.54, 1.807) is 30.3 Å². The van der Waals surface area contributed by atoms with Gasteiger partial charge in [0.1, 0.15) is 5.75 Å². The van der Waals surface area contributed by atoms with Gasteiger partial charge >= 0.3 is 0 Å². The maximum atomic E-state index is 13.1. The summed E-state index contributed by atoms with van der Waals surface area (Å²) in [6.07, 6.45) is 2.21. The molecule has 1 unspecified atom stereocenters. The fraction of sp³-hybridized carbons (Fsp3) is 0.130. The van der Waals surface area contributed by atoms with E-state index in [-0.39, 0.29) is 17.1 Å². The Hall–Kier alpha value is -3.80. The van der Waals surface area contributed by atoms with Crippen LogP contribution in [0, 0.1) is 0 Å². The van der Waals surface area contributed by atoms with Gasteiger partial charge in [0.25, 0.3) is 5.91 Å². The van der Waals surface area contributed by atoms with E-state index in [4.69, 9.17) is 4.42 Å². The molecule has 1 aromatic heterocycles. The summed E-state index contributed by atoms with van der Waals surface area (Å²) in [6.45, 7) is 2.03. The number of aliphatic hydroxyl groups excluding tert-OH is 1. The number of benzene rings is 2. The first-order chi connectivity index (χ1) is 14.0. The minimum absolute atomic E-state index is 0.0336. The third-order valence-corrected chi connectivity index (χ3v) is 5.03. The number of hydrogen-bond donors (Lipinski definition) is 2. The Kier molecular flexibility index (Phi) is 4.68. The fourth-order valence-corrected chi connectivity index (χ4v) is 3.51. The number of amides is 1. The van der Waals surface area contributed by atoms with Gasteiger partial charge in [-0.3, -0.25) is 14.5 Å². The minimum atomic E-state index is -0.854. The Bertz CT molecular complexity index is 1080. The van der Waals surface area contributed by atoms with Crippen molar-refractivity contribution >= 4 is 17.4 Å². The zero-order valence-electron chi connectivity index (χ0n) is 15.7. The van der Waals surface area contributed by atoms with Gasteiger partial charge in [0.2, 0.25) is 5.78 Å². The van der Waals surface area contributed by atoms with Gasteiger partial charge in [-0.15, -0.1) is 0 Å². The van der Waals surface area contributed by atoms with Crippen LogP contribution in [0.15, 0.2) is 82.7 Å². The van der Waals surface area contributed by atoms with Gasteiger partial charge in [-0.1, -0.05) is 31.2 Å². The van der Waals surface area contributed by atoms with Crippen molar-refractivity contribution in [3.05, 3.63) is 95.1 Å². The lowest BCUT2D eigenvalue weighted by Crippen LogP contribution is -2.31. The number of aryl methyl sites for hydroxylation is 1. The van der Waals surface area contributed by atoms with Crippen molar-refractivity contribution < 1.29 is 24.2 Å². The largest absolute Gasteiger partial charge is 0.508 e. The number of rotatable bonds is 5. The standard InChI is InChI=1S/C23H19NO5/c1-2-14-5-9-16(10-6-14)24-20(15-7-11-17(25)12-8-15)19(22(27)23(24)28)21(26)18-4-3-13-29-18/h3-13,20,25,27H,2H2,1H3. The summed E-state index contributed by atoms with van der Waals surface area (Å²) in [5, 5.41) is 20.3. The Morgan fingerprint density at radius 2 is 1.72 bits per heavy atom. The van der Waals surface area contributed by atoms with Gasteiger partial charge in [0.05, 0.1) is 17.9 Å². The lowest BCUT2D eigenvalue weighted by atomic mass is 9.94. The summed E-state index contributed by atoms with van der Waals surface area (Å²) in [5.74, 6) is -1.74. The van der Waals surface area contributed by atoms with Gasteiger partial charge < -0.3 is 14.6 Å². The second-order valence-corrected chi connectivity index (χ2v) is 6.76. The molecule has 1 amide bonds. The summed E-state index contributed by atoms with van der Waals surface area (Å²) >= 11 is 0. The highest BCUT2D eigenvalue weighted by molar-refractivity contribution is 6.20. The Morgan fingerprint density at radius 1 is 1.03 bits per heavy atom. The molecular weight excluding hydrogens is 370 g/mol. The molecule has 4 rings (SSSR count). The number of nitrogens with zero attached hydrogens (tertiary/aromatic N) is 1. The molecule has 6 heteroatoms. The number of furan rings is 1. The van der Waals surface area contributed by atoms with Crippen LogP contribution in [-0.4, -0.2) is 21.9 Å². The molecule has 0 spiro atoms. The molecule has 29 heavy (non-hydrogen) atoms. The average molecular weight is 389 g/mol. The van der Waals surface area contributed by atoms with Crippen LogP contribution in [0.2, 0.25) is 0 Å². The van der Waals surface area contributed by atoms with Crippen molar-refractivity contribution in [2.75, 3.05) is 4.90 Å². The molecule has 1 aliphatic rings. The molecule has 3 aromatic rings. The van der Waals surface area contributed by atoms with Gasteiger partial charge in [-0.25, -0.2) is 0 Å². The van der Waals surface area contributed by atoms with Crippen molar-refractivity contribution in [1.29, 1.82) is 0 Å². The molecule has 0 saturated heterocycles. The number of carbonyl (C=O) groups is 2. The monoisotopic (exact) mass is 389 g/mol. The van der Waals surface area contributed by atoms with Crippen molar-refractivity contribution in [3.63, 3.8) is 0 Å². The van der Waals surface area contributed by atoms with Crippen molar-refractivity contribution in [1.82, 2.24) is 0 Å². The molecule has 2 aromatic carbocycles. The number of ketones is 1. The van der Waals surface area contributed by atoms with Crippen LogP contribution in [-0.2, 0) is 11.2 Å². The molecule has 6 nitrogen and oxygen atoms in total. The van der Waals surface area contributed by atoms with E-state index in [2.05, 4.69) is 0 Å². The Balaban J connectivity index is 1.85. The van der Waals surface area contributed by atoms with Crippen LogP contribution >= 0.6 is 0 Å². The van der Waals surface area contributed by atoms with E-state index in [0.29, 0.717) is 11.3 Å². The predicted octanol–water partition coefficient (Wildman–Crippen LogP) is 4.33. The zero-order valence-corrected chi connectivity index (χ0v) is 15.7. The van der Waals surface area contributed by atoms with Gasteiger partial charge in [0.15, 0.2) is 11.5 Å². The quantitative estimate of drug-likeness (QED) is 0.634. The number of aromatic hydroxyl groups is 1. The van der Waals surface area contributed by atoms with Crippen molar-refractivity contribution in [2.24, 2.45) is 0 Å². The molecule has 0 bridgehead atoms. The number of carbonyl (C=O) groups excluding carboxylic acids is 2. The lowest BCUT2D eigenvalue weighted by molar-refractivity contribution is -0.117. The molecule has 0 radical (unpaired) electrons. The maximum absolute atomic E-state index is 13.1. The van der Waals surface area contributed by atoms with E-state index in [0.717, 1.165) is 12.0 Å². The molecule has 1 atom stereocenters. The van der Waals surface area contributed by atoms with Gasteiger partial charge in [0, 0.05) is 5.69 Å². The van der Waals surface area contributed by atoms with Crippen LogP contribution in [0.5, 0.6) is 5.75 Å². The third-order valence-electron chi connectivity index (χ3n) is 5.03. The zero-order chi connectivity index (χ0) is 20.5. The van der Waals surface area contributed by atoms with Crippen LogP contribution < -0.4 is 4.90 Å². The van der Waals surface area contributed by atoms with E-state index in [1.807, 2.05) is 19.1 Å². The molecule has 0 saturated carbocycles. The van der Waals surface area contributed by atoms with Crippen LogP contribution in [0.4, 0.5) is 5.69 Å². The first-order valence-electron chi connectivity index (χ1n) is 9.24. The van der Waals surface area contributed by atoms with E-state index in [1.165, 1.54) is 29.4 Å². The molecule has 0 aliphatic carbocycles.